The summed E-state index contributed by atoms with van der Waals surface area (Å²) >= 11 is 2.78. The number of carbonyl (C=O) groups excluding carboxylic acids is 2. The van der Waals surface area contributed by atoms with Crippen molar-refractivity contribution in [3.8, 4) is 33.6 Å². The lowest BCUT2D eigenvalue weighted by atomic mass is 9.78. The molecule has 15 heteroatoms. The third-order valence-electron chi connectivity index (χ3n) is 8.43. The molecule has 13 nitrogen and oxygen atoms in total. The first-order chi connectivity index (χ1) is 24.4. The van der Waals surface area contributed by atoms with Gasteiger partial charge in [0.05, 0.1) is 33.5 Å². The predicted molar refractivity (Wildman–Crippen MR) is 191 cm³/mol. The Morgan fingerprint density at radius 1 is 0.900 bits per heavy atom. The van der Waals surface area contributed by atoms with Gasteiger partial charge in [-0.25, -0.2) is 9.97 Å². The van der Waals surface area contributed by atoms with Gasteiger partial charge in [-0.05, 0) is 71.6 Å². The Balaban J connectivity index is 1.28. The van der Waals surface area contributed by atoms with Crippen LogP contribution in [-0.2, 0) is 9.59 Å². The molecule has 1 aliphatic rings. The predicted octanol–water partition coefficient (Wildman–Crippen LogP) is 6.46. The number of nitrogens with one attached hydrogen (secondary N) is 4. The van der Waals surface area contributed by atoms with Gasteiger partial charge < -0.3 is 20.1 Å². The van der Waals surface area contributed by atoms with E-state index in [9.17, 15) is 9.59 Å². The number of hydrogen-bond acceptors (Lipinski definition) is 11. The van der Waals surface area contributed by atoms with Crippen molar-refractivity contribution in [1.82, 2.24) is 35.3 Å². The summed E-state index contributed by atoms with van der Waals surface area (Å²) in [6, 6.07) is 16.5. The van der Waals surface area contributed by atoms with E-state index >= 15 is 0 Å². The summed E-state index contributed by atoms with van der Waals surface area (Å²) < 4.78 is 11.8. The SMILES string of the molecule is Cc1nc(-c2sccc2NC(=O)C(c2ccc3c(c2)OCCO3)C(C(=O)Nc2scc(C)c2-c2ncn[nH]2)c2cccc3ncccc23)n[nH]1. The molecule has 2 unspecified atom stereocenters. The van der Waals surface area contributed by atoms with Gasteiger partial charge in [-0.3, -0.25) is 24.8 Å². The molecule has 0 fully saturated rings. The van der Waals surface area contributed by atoms with E-state index in [0.717, 1.165) is 16.5 Å². The maximum atomic E-state index is 15.0. The second kappa shape index (κ2) is 13.2. The zero-order valence-corrected chi connectivity index (χ0v) is 28.4. The Labute approximate surface area is 293 Å². The van der Waals surface area contributed by atoms with Crippen LogP contribution in [0.5, 0.6) is 11.5 Å². The third kappa shape index (κ3) is 5.86. The number of amides is 2. The number of anilines is 2. The summed E-state index contributed by atoms with van der Waals surface area (Å²) in [6.07, 6.45) is 3.12. The summed E-state index contributed by atoms with van der Waals surface area (Å²) in [5.74, 6) is -0.184. The van der Waals surface area contributed by atoms with Crippen molar-refractivity contribution in [2.45, 2.75) is 25.7 Å². The van der Waals surface area contributed by atoms with Gasteiger partial charge in [-0.1, -0.05) is 24.3 Å². The van der Waals surface area contributed by atoms with E-state index in [1.807, 2.05) is 61.0 Å². The number of hydrogen-bond donors (Lipinski definition) is 4. The highest BCUT2D eigenvalue weighted by molar-refractivity contribution is 7.15. The zero-order valence-electron chi connectivity index (χ0n) is 26.8. The topological polar surface area (TPSA) is 173 Å². The Morgan fingerprint density at radius 2 is 1.76 bits per heavy atom. The zero-order chi connectivity index (χ0) is 34.2. The Bertz CT molecular complexity index is 2340. The molecule has 2 aromatic carbocycles. The fourth-order valence-electron chi connectivity index (χ4n) is 6.20. The van der Waals surface area contributed by atoms with Crippen LogP contribution < -0.4 is 20.1 Å². The number of aromatic amines is 2. The Kier molecular flexibility index (Phi) is 8.26. The summed E-state index contributed by atoms with van der Waals surface area (Å²) in [7, 11) is 0. The average molecular weight is 704 g/mol. The molecular weight excluding hydrogens is 675 g/mol. The van der Waals surface area contributed by atoms with E-state index in [-0.39, 0.29) is 0 Å². The molecule has 7 aromatic rings. The third-order valence-corrected chi connectivity index (χ3v) is 10.3. The molecule has 2 amide bonds. The number of nitrogens with zero attached hydrogens (tertiary/aromatic N) is 5. The number of carbonyl (C=O) groups is 2. The highest BCUT2D eigenvalue weighted by atomic mass is 32.1. The molecule has 0 radical (unpaired) electrons. The van der Waals surface area contributed by atoms with Gasteiger partial charge in [0.15, 0.2) is 23.1 Å². The standard InChI is InChI=1S/C35H29N9O4S2/c1-18-16-50-35(27(18)31-37-17-38-43-31)41-34(46)29(22-5-3-7-23-21(22)6-4-11-36-23)28(20-8-9-25-26(15-20)48-13-12-47-25)33(45)40-24-10-14-49-30(24)32-39-19(2)42-44-32/h3-11,14-17,28-29H,12-13H2,1-2H3,(H,40,45)(H,41,46)(H,37,38,43)(H,39,42,44). The van der Waals surface area contributed by atoms with Gasteiger partial charge in [0, 0.05) is 11.6 Å². The van der Waals surface area contributed by atoms with Gasteiger partial charge in [0.2, 0.25) is 11.8 Å². The van der Waals surface area contributed by atoms with Gasteiger partial charge in [0.1, 0.15) is 30.4 Å². The van der Waals surface area contributed by atoms with Crippen LogP contribution in [0.3, 0.4) is 0 Å². The minimum Gasteiger partial charge on any atom is -0.486 e. The van der Waals surface area contributed by atoms with Gasteiger partial charge >= 0.3 is 0 Å². The number of ether oxygens (including phenoxy) is 2. The number of thiophene rings is 2. The molecule has 0 spiro atoms. The number of fused-ring (bicyclic) bond motifs is 2. The van der Waals surface area contributed by atoms with Crippen LogP contribution in [0.2, 0.25) is 0 Å². The molecule has 0 saturated heterocycles. The maximum absolute atomic E-state index is 15.0. The van der Waals surface area contributed by atoms with Crippen molar-refractivity contribution in [2.75, 3.05) is 23.8 Å². The van der Waals surface area contributed by atoms with Gasteiger partial charge in [-0.2, -0.15) is 10.2 Å². The van der Waals surface area contributed by atoms with Crippen LogP contribution >= 0.6 is 22.7 Å². The van der Waals surface area contributed by atoms with Crippen LogP contribution in [0.4, 0.5) is 10.7 Å². The van der Waals surface area contributed by atoms with Crippen molar-refractivity contribution in [2.24, 2.45) is 0 Å². The van der Waals surface area contributed by atoms with E-state index in [2.05, 4.69) is 46.0 Å². The smallest absolute Gasteiger partial charge is 0.233 e. The molecule has 1 aliphatic heterocycles. The first kappa shape index (κ1) is 31.3. The van der Waals surface area contributed by atoms with Crippen molar-refractivity contribution < 1.29 is 19.1 Å². The summed E-state index contributed by atoms with van der Waals surface area (Å²) in [6.45, 7) is 4.53. The fraction of sp³-hybridized carbons (Fsp3) is 0.171. The maximum Gasteiger partial charge on any atom is 0.233 e. The minimum atomic E-state index is -1.05. The number of H-pyrrole nitrogens is 2. The number of pyridine rings is 1. The van der Waals surface area contributed by atoms with Crippen LogP contribution in [0, 0.1) is 13.8 Å². The normalized spacial score (nSPS) is 13.6. The van der Waals surface area contributed by atoms with E-state index < -0.39 is 23.7 Å². The molecule has 6 heterocycles. The number of aromatic nitrogens is 7. The molecule has 2 atom stereocenters. The van der Waals surface area contributed by atoms with Gasteiger partial charge in [-0.15, -0.1) is 22.7 Å². The first-order valence-corrected chi connectivity index (χ1v) is 17.5. The largest absolute Gasteiger partial charge is 0.486 e. The Hall–Kier alpha value is -5.93. The number of aryl methyl sites for hydroxylation is 2. The summed E-state index contributed by atoms with van der Waals surface area (Å²) in [4.78, 5) is 43.9. The monoisotopic (exact) mass is 703 g/mol. The van der Waals surface area contributed by atoms with Crippen molar-refractivity contribution >= 4 is 56.1 Å². The first-order valence-electron chi connectivity index (χ1n) is 15.7. The second-order valence-electron chi connectivity index (χ2n) is 11.6. The second-order valence-corrected chi connectivity index (χ2v) is 13.4. The van der Waals surface area contributed by atoms with E-state index in [1.165, 1.54) is 29.0 Å². The summed E-state index contributed by atoms with van der Waals surface area (Å²) in [5, 5.41) is 25.5. The fourth-order valence-corrected chi connectivity index (χ4v) is 7.93. The number of rotatable bonds is 9. The molecule has 0 bridgehead atoms. The van der Waals surface area contributed by atoms with Crippen LogP contribution in [0.25, 0.3) is 33.0 Å². The van der Waals surface area contributed by atoms with Crippen LogP contribution in [0.1, 0.15) is 34.4 Å². The lowest BCUT2D eigenvalue weighted by Gasteiger charge is -2.28. The van der Waals surface area contributed by atoms with E-state index in [1.54, 1.807) is 24.4 Å². The quantitative estimate of drug-likeness (QED) is 0.132. The average Bonchev–Trinajstić information content (AvgIpc) is 3.96. The van der Waals surface area contributed by atoms with Crippen LogP contribution in [0.15, 0.2) is 77.9 Å². The highest BCUT2D eigenvalue weighted by Gasteiger charge is 2.39. The molecular formula is C35H29N9O4S2. The molecule has 0 aliphatic carbocycles. The summed E-state index contributed by atoms with van der Waals surface area (Å²) in [5.41, 5.74) is 4.06. The molecule has 8 rings (SSSR count). The Morgan fingerprint density at radius 3 is 2.58 bits per heavy atom. The van der Waals surface area contributed by atoms with Crippen molar-refractivity contribution in [3.63, 3.8) is 0 Å². The molecule has 4 N–H and O–H groups in total. The highest BCUT2D eigenvalue weighted by Crippen LogP contribution is 2.44. The van der Waals surface area contributed by atoms with E-state index in [4.69, 9.17) is 9.47 Å². The number of benzene rings is 2. The molecule has 0 saturated carbocycles. The minimum absolute atomic E-state index is 0.364. The molecule has 5 aromatic heterocycles. The van der Waals surface area contributed by atoms with Gasteiger partial charge in [0.25, 0.3) is 0 Å². The van der Waals surface area contributed by atoms with Crippen molar-refractivity contribution in [3.05, 3.63) is 100 Å². The lowest BCUT2D eigenvalue weighted by Crippen LogP contribution is -2.34. The molecule has 50 heavy (non-hydrogen) atoms. The van der Waals surface area contributed by atoms with E-state index in [0.29, 0.717) is 74.4 Å². The molecule has 250 valence electrons. The van der Waals surface area contributed by atoms with Crippen molar-refractivity contribution in [1.29, 1.82) is 0 Å². The van der Waals surface area contributed by atoms with Crippen LogP contribution in [-0.4, -0.2) is 60.4 Å². The lowest BCUT2D eigenvalue weighted by molar-refractivity contribution is -0.124.